The van der Waals surface area contributed by atoms with Crippen molar-refractivity contribution in [2.24, 2.45) is 5.73 Å². The Morgan fingerprint density at radius 2 is 2.30 bits per heavy atom. The number of nitrogens with zero attached hydrogens (tertiary/aromatic N) is 2. The SMILES string of the molecule is CN(CC(=O)N1CCCC1CN)C(=O)c1ccc(Br)s1. The van der Waals surface area contributed by atoms with Gasteiger partial charge in [0.05, 0.1) is 15.2 Å². The van der Waals surface area contributed by atoms with Crippen LogP contribution in [0.1, 0.15) is 22.5 Å². The molecule has 1 unspecified atom stereocenters. The number of carbonyl (C=O) groups is 2. The Kier molecular flexibility index (Phi) is 5.17. The molecular formula is C13H18BrN3O2S. The van der Waals surface area contributed by atoms with E-state index in [4.69, 9.17) is 5.73 Å². The average molecular weight is 360 g/mol. The molecule has 0 spiro atoms. The lowest BCUT2D eigenvalue weighted by atomic mass is 10.2. The molecule has 1 aliphatic rings. The van der Waals surface area contributed by atoms with E-state index in [-0.39, 0.29) is 24.4 Å². The molecule has 2 N–H and O–H groups in total. The second kappa shape index (κ2) is 6.69. The third-order valence-corrected chi connectivity index (χ3v) is 5.08. The van der Waals surface area contributed by atoms with Crippen molar-refractivity contribution >= 4 is 39.1 Å². The van der Waals surface area contributed by atoms with E-state index in [2.05, 4.69) is 15.9 Å². The second-order valence-corrected chi connectivity index (χ2v) is 7.35. The fourth-order valence-corrected chi connectivity index (χ4v) is 3.77. The summed E-state index contributed by atoms with van der Waals surface area (Å²) >= 11 is 4.70. The number of amides is 2. The van der Waals surface area contributed by atoms with Crippen molar-refractivity contribution in [2.45, 2.75) is 18.9 Å². The number of carbonyl (C=O) groups excluding carboxylic acids is 2. The smallest absolute Gasteiger partial charge is 0.264 e. The molecule has 0 aliphatic carbocycles. The highest BCUT2D eigenvalue weighted by Gasteiger charge is 2.29. The molecule has 2 rings (SSSR count). The molecule has 2 heterocycles. The zero-order valence-electron chi connectivity index (χ0n) is 11.3. The summed E-state index contributed by atoms with van der Waals surface area (Å²) in [5.74, 6) is -0.151. The molecule has 1 atom stereocenters. The van der Waals surface area contributed by atoms with Gasteiger partial charge in [0.1, 0.15) is 0 Å². The van der Waals surface area contributed by atoms with Gasteiger partial charge < -0.3 is 15.5 Å². The number of rotatable bonds is 4. The molecule has 1 aromatic heterocycles. The van der Waals surface area contributed by atoms with E-state index < -0.39 is 0 Å². The molecular weight excluding hydrogens is 342 g/mol. The Morgan fingerprint density at radius 3 is 2.90 bits per heavy atom. The number of nitrogens with two attached hydrogens (primary N) is 1. The van der Waals surface area contributed by atoms with Gasteiger partial charge in [0.25, 0.3) is 5.91 Å². The minimum absolute atomic E-state index is 0.0237. The molecule has 7 heteroatoms. The first-order valence-electron chi connectivity index (χ1n) is 6.53. The molecule has 0 radical (unpaired) electrons. The van der Waals surface area contributed by atoms with Gasteiger partial charge in [-0.3, -0.25) is 9.59 Å². The van der Waals surface area contributed by atoms with Gasteiger partial charge in [-0.05, 0) is 40.9 Å². The van der Waals surface area contributed by atoms with Crippen LogP contribution in [0.2, 0.25) is 0 Å². The number of likely N-dealkylation sites (N-methyl/N-ethyl adjacent to an activating group) is 1. The van der Waals surface area contributed by atoms with Gasteiger partial charge in [-0.1, -0.05) is 0 Å². The van der Waals surface area contributed by atoms with E-state index in [9.17, 15) is 9.59 Å². The summed E-state index contributed by atoms with van der Waals surface area (Å²) in [5, 5.41) is 0. The third kappa shape index (κ3) is 3.39. The summed E-state index contributed by atoms with van der Waals surface area (Å²) in [6, 6.07) is 3.72. The quantitative estimate of drug-likeness (QED) is 0.886. The van der Waals surface area contributed by atoms with Gasteiger partial charge in [0.15, 0.2) is 0 Å². The summed E-state index contributed by atoms with van der Waals surface area (Å²) < 4.78 is 0.906. The predicted octanol–water partition coefficient (Wildman–Crippen LogP) is 1.53. The molecule has 1 fully saturated rings. The van der Waals surface area contributed by atoms with Crippen LogP contribution >= 0.6 is 27.3 Å². The van der Waals surface area contributed by atoms with Crippen LogP contribution < -0.4 is 5.73 Å². The molecule has 20 heavy (non-hydrogen) atoms. The number of thiophene rings is 1. The molecule has 110 valence electrons. The highest BCUT2D eigenvalue weighted by molar-refractivity contribution is 9.11. The van der Waals surface area contributed by atoms with E-state index in [0.717, 1.165) is 23.2 Å². The minimum atomic E-state index is -0.127. The van der Waals surface area contributed by atoms with Crippen LogP contribution in [0, 0.1) is 0 Å². The number of likely N-dealkylation sites (tertiary alicyclic amines) is 1. The fourth-order valence-electron chi connectivity index (χ4n) is 2.39. The van der Waals surface area contributed by atoms with E-state index in [1.165, 1.54) is 16.2 Å². The minimum Gasteiger partial charge on any atom is -0.337 e. The molecule has 5 nitrogen and oxygen atoms in total. The largest absolute Gasteiger partial charge is 0.337 e. The second-order valence-electron chi connectivity index (χ2n) is 4.88. The van der Waals surface area contributed by atoms with Crippen LogP contribution in [0.3, 0.4) is 0 Å². The summed E-state index contributed by atoms with van der Waals surface area (Å²) in [7, 11) is 1.65. The fraction of sp³-hybridized carbons (Fsp3) is 0.538. The zero-order chi connectivity index (χ0) is 14.7. The number of hydrogen-bond donors (Lipinski definition) is 1. The van der Waals surface area contributed by atoms with Gasteiger partial charge in [-0.2, -0.15) is 0 Å². The van der Waals surface area contributed by atoms with Crippen LogP contribution in [-0.2, 0) is 4.79 Å². The summed E-state index contributed by atoms with van der Waals surface area (Å²) in [4.78, 5) is 28.3. The Balaban J connectivity index is 1.95. The lowest BCUT2D eigenvalue weighted by Gasteiger charge is -2.26. The standard InChI is InChI=1S/C13H18BrN3O2S/c1-16(13(19)10-4-5-11(14)20-10)8-12(18)17-6-2-3-9(17)7-15/h4-5,9H,2-3,6-8,15H2,1H3. The van der Waals surface area contributed by atoms with Crippen molar-refractivity contribution in [3.8, 4) is 0 Å². The van der Waals surface area contributed by atoms with Crippen molar-refractivity contribution in [1.82, 2.24) is 9.80 Å². The van der Waals surface area contributed by atoms with Crippen LogP contribution in [0.15, 0.2) is 15.9 Å². The lowest BCUT2D eigenvalue weighted by molar-refractivity contribution is -0.132. The van der Waals surface area contributed by atoms with Crippen molar-refractivity contribution in [2.75, 3.05) is 26.7 Å². The van der Waals surface area contributed by atoms with Crippen molar-refractivity contribution in [3.05, 3.63) is 20.8 Å². The average Bonchev–Trinajstić information content (AvgIpc) is 3.05. The number of halogens is 1. The zero-order valence-corrected chi connectivity index (χ0v) is 13.7. The molecule has 1 aliphatic heterocycles. The first kappa shape index (κ1) is 15.5. The number of hydrogen-bond acceptors (Lipinski definition) is 4. The Morgan fingerprint density at radius 1 is 1.55 bits per heavy atom. The first-order chi connectivity index (χ1) is 9.52. The first-order valence-corrected chi connectivity index (χ1v) is 8.14. The molecule has 0 saturated carbocycles. The molecule has 1 saturated heterocycles. The third-order valence-electron chi connectivity index (χ3n) is 3.47. The van der Waals surface area contributed by atoms with E-state index in [1.54, 1.807) is 18.0 Å². The van der Waals surface area contributed by atoms with Gasteiger partial charge in [0, 0.05) is 26.2 Å². The van der Waals surface area contributed by atoms with Crippen LogP contribution in [0.5, 0.6) is 0 Å². The summed E-state index contributed by atoms with van der Waals surface area (Å²) in [5.41, 5.74) is 5.67. The van der Waals surface area contributed by atoms with Crippen LogP contribution in [-0.4, -0.2) is 54.3 Å². The Hall–Kier alpha value is -0.920. The van der Waals surface area contributed by atoms with Crippen molar-refractivity contribution in [1.29, 1.82) is 0 Å². The topological polar surface area (TPSA) is 66.6 Å². The normalized spacial score (nSPS) is 18.4. The van der Waals surface area contributed by atoms with Gasteiger partial charge in [-0.15, -0.1) is 11.3 Å². The predicted molar refractivity (Wildman–Crippen MR) is 82.8 cm³/mol. The monoisotopic (exact) mass is 359 g/mol. The Labute approximate surface area is 130 Å². The lowest BCUT2D eigenvalue weighted by Crippen LogP contribution is -2.45. The van der Waals surface area contributed by atoms with E-state index in [1.807, 2.05) is 6.07 Å². The van der Waals surface area contributed by atoms with Crippen molar-refractivity contribution < 1.29 is 9.59 Å². The van der Waals surface area contributed by atoms with E-state index >= 15 is 0 Å². The Bertz CT molecular complexity index is 506. The van der Waals surface area contributed by atoms with Gasteiger partial charge >= 0.3 is 0 Å². The molecule has 1 aromatic rings. The maximum atomic E-state index is 12.2. The highest BCUT2D eigenvalue weighted by atomic mass is 79.9. The summed E-state index contributed by atoms with van der Waals surface area (Å²) in [6.07, 6.45) is 1.95. The van der Waals surface area contributed by atoms with Crippen LogP contribution in [0.25, 0.3) is 0 Å². The van der Waals surface area contributed by atoms with Crippen LogP contribution in [0.4, 0.5) is 0 Å². The molecule has 2 amide bonds. The maximum absolute atomic E-state index is 12.2. The summed E-state index contributed by atoms with van der Waals surface area (Å²) in [6.45, 7) is 1.33. The van der Waals surface area contributed by atoms with Gasteiger partial charge in [-0.25, -0.2) is 0 Å². The van der Waals surface area contributed by atoms with E-state index in [0.29, 0.717) is 11.4 Å². The maximum Gasteiger partial charge on any atom is 0.264 e. The highest BCUT2D eigenvalue weighted by Crippen LogP contribution is 2.23. The molecule has 0 bridgehead atoms. The van der Waals surface area contributed by atoms with Gasteiger partial charge in [0.2, 0.25) is 5.91 Å². The molecule has 0 aromatic carbocycles. The van der Waals surface area contributed by atoms with Crippen molar-refractivity contribution in [3.63, 3.8) is 0 Å².